The first kappa shape index (κ1) is 12.0. The molecule has 0 aliphatic rings. The Labute approximate surface area is 109 Å². The number of halogens is 2. The number of pyridine rings is 1. The summed E-state index contributed by atoms with van der Waals surface area (Å²) < 4.78 is 5.55. The number of benzene rings is 1. The number of hydrogen-bond acceptors (Lipinski definition) is 3. The maximum atomic E-state index is 6.01. The zero-order chi connectivity index (χ0) is 12.4. The molecule has 1 aromatic heterocycles. The molecule has 0 spiro atoms. The Kier molecular flexibility index (Phi) is 3.41. The van der Waals surface area contributed by atoms with Crippen molar-refractivity contribution in [2.45, 2.75) is 6.92 Å². The smallest absolute Gasteiger partial charge is 0.242 e. The highest BCUT2D eigenvalue weighted by Crippen LogP contribution is 2.35. The van der Waals surface area contributed by atoms with Gasteiger partial charge in [-0.3, -0.25) is 0 Å². The molecule has 2 rings (SSSR count). The summed E-state index contributed by atoms with van der Waals surface area (Å²) in [7, 11) is 0. The third-order valence-electron chi connectivity index (χ3n) is 2.15. The summed E-state index contributed by atoms with van der Waals surface area (Å²) in [6, 6.07) is 8.68. The lowest BCUT2D eigenvalue weighted by Crippen LogP contribution is -1.96. The van der Waals surface area contributed by atoms with Gasteiger partial charge < -0.3 is 10.5 Å². The fraction of sp³-hybridized carbons (Fsp3) is 0.0833. The van der Waals surface area contributed by atoms with Crippen LogP contribution in [0.2, 0.25) is 10.0 Å². The van der Waals surface area contributed by atoms with Crippen molar-refractivity contribution in [2.24, 2.45) is 0 Å². The topological polar surface area (TPSA) is 48.1 Å². The summed E-state index contributed by atoms with van der Waals surface area (Å²) in [6.45, 7) is 1.85. The number of rotatable bonds is 2. The van der Waals surface area contributed by atoms with Gasteiger partial charge in [0.05, 0.1) is 10.7 Å². The van der Waals surface area contributed by atoms with E-state index in [4.69, 9.17) is 33.7 Å². The number of nitrogens with two attached hydrogens (primary N) is 1. The quantitative estimate of drug-likeness (QED) is 0.893. The van der Waals surface area contributed by atoms with Gasteiger partial charge in [-0.25, -0.2) is 4.98 Å². The molecule has 88 valence electrons. The normalized spacial score (nSPS) is 10.3. The summed E-state index contributed by atoms with van der Waals surface area (Å²) in [5.74, 6) is 0.762. The lowest BCUT2D eigenvalue weighted by molar-refractivity contribution is 0.464. The summed E-state index contributed by atoms with van der Waals surface area (Å²) >= 11 is 11.9. The molecule has 1 heterocycles. The predicted octanol–water partition coefficient (Wildman–Crippen LogP) is 4.07. The average Bonchev–Trinajstić information content (AvgIpc) is 2.30. The Morgan fingerprint density at radius 2 is 1.94 bits per heavy atom. The van der Waals surface area contributed by atoms with Crippen molar-refractivity contribution < 1.29 is 4.74 Å². The van der Waals surface area contributed by atoms with Crippen LogP contribution in [-0.2, 0) is 0 Å². The summed E-state index contributed by atoms with van der Waals surface area (Å²) in [5, 5.41) is 0.771. The van der Waals surface area contributed by atoms with Crippen LogP contribution >= 0.6 is 23.2 Å². The number of aromatic nitrogens is 1. The van der Waals surface area contributed by atoms with Crippen LogP contribution in [-0.4, -0.2) is 4.98 Å². The molecule has 0 amide bonds. The molecule has 0 aliphatic heterocycles. The molecule has 0 saturated heterocycles. The van der Waals surface area contributed by atoms with E-state index in [2.05, 4.69) is 4.98 Å². The fourth-order valence-corrected chi connectivity index (χ4v) is 1.62. The van der Waals surface area contributed by atoms with Gasteiger partial charge in [0.2, 0.25) is 5.88 Å². The van der Waals surface area contributed by atoms with Gasteiger partial charge in [-0.1, -0.05) is 29.3 Å². The van der Waals surface area contributed by atoms with Crippen LogP contribution in [0.1, 0.15) is 5.69 Å². The van der Waals surface area contributed by atoms with E-state index in [9.17, 15) is 0 Å². The van der Waals surface area contributed by atoms with Crippen LogP contribution in [0.4, 0.5) is 5.69 Å². The Bertz CT molecular complexity index is 558. The summed E-state index contributed by atoms with van der Waals surface area (Å²) in [4.78, 5) is 4.19. The molecule has 3 nitrogen and oxygen atoms in total. The predicted molar refractivity (Wildman–Crippen MR) is 69.9 cm³/mol. The molecule has 0 saturated carbocycles. The monoisotopic (exact) mass is 268 g/mol. The third kappa shape index (κ3) is 2.62. The van der Waals surface area contributed by atoms with Crippen LogP contribution in [0.15, 0.2) is 30.3 Å². The Morgan fingerprint density at radius 3 is 2.71 bits per heavy atom. The van der Waals surface area contributed by atoms with Gasteiger partial charge >= 0.3 is 0 Å². The lowest BCUT2D eigenvalue weighted by Gasteiger charge is -2.09. The Hall–Kier alpha value is -1.45. The van der Waals surface area contributed by atoms with E-state index in [-0.39, 0.29) is 0 Å². The highest BCUT2D eigenvalue weighted by molar-refractivity contribution is 6.42. The number of aryl methyl sites for hydroxylation is 1. The van der Waals surface area contributed by atoms with E-state index in [1.54, 1.807) is 24.3 Å². The Morgan fingerprint density at radius 1 is 1.18 bits per heavy atom. The van der Waals surface area contributed by atoms with Crippen LogP contribution < -0.4 is 10.5 Å². The van der Waals surface area contributed by atoms with Crippen LogP contribution in [0.3, 0.4) is 0 Å². The molecule has 0 radical (unpaired) electrons. The van der Waals surface area contributed by atoms with E-state index >= 15 is 0 Å². The van der Waals surface area contributed by atoms with Crippen LogP contribution in [0.5, 0.6) is 11.6 Å². The Balaban J connectivity index is 2.38. The van der Waals surface area contributed by atoms with Crippen LogP contribution in [0, 0.1) is 6.92 Å². The maximum absolute atomic E-state index is 6.01. The van der Waals surface area contributed by atoms with Gasteiger partial charge in [0, 0.05) is 5.69 Å². The minimum absolute atomic E-state index is 0.328. The molecule has 0 atom stereocenters. The van der Waals surface area contributed by atoms with Crippen molar-refractivity contribution in [1.29, 1.82) is 0 Å². The van der Waals surface area contributed by atoms with Crippen molar-refractivity contribution in [3.8, 4) is 11.6 Å². The zero-order valence-corrected chi connectivity index (χ0v) is 10.6. The number of ether oxygens (including phenoxy) is 1. The molecular weight excluding hydrogens is 259 g/mol. The van der Waals surface area contributed by atoms with Gasteiger partial charge in [0.15, 0.2) is 0 Å². The van der Waals surface area contributed by atoms with E-state index in [0.717, 1.165) is 5.69 Å². The van der Waals surface area contributed by atoms with Gasteiger partial charge in [0.1, 0.15) is 10.8 Å². The molecule has 17 heavy (non-hydrogen) atoms. The second-order valence-corrected chi connectivity index (χ2v) is 4.29. The highest BCUT2D eigenvalue weighted by Gasteiger charge is 2.09. The first-order valence-electron chi connectivity index (χ1n) is 4.93. The molecule has 2 N–H and O–H groups in total. The number of hydrogen-bond donors (Lipinski definition) is 1. The molecule has 0 fully saturated rings. The first-order chi connectivity index (χ1) is 8.08. The van der Waals surface area contributed by atoms with Crippen molar-refractivity contribution in [3.05, 3.63) is 46.1 Å². The van der Waals surface area contributed by atoms with Crippen molar-refractivity contribution in [1.82, 2.24) is 4.98 Å². The molecule has 0 unspecified atom stereocenters. The molecule has 2 aromatic rings. The van der Waals surface area contributed by atoms with E-state index in [0.29, 0.717) is 27.4 Å². The number of anilines is 1. The minimum Gasteiger partial charge on any atom is -0.435 e. The molecule has 5 heteroatoms. The van der Waals surface area contributed by atoms with Gasteiger partial charge in [-0.15, -0.1) is 0 Å². The standard InChI is InChI=1S/C12H10Cl2N2O/c1-7-5-6-9(15)12(16-7)17-10-4-2-3-8(13)11(10)14/h2-6H,15H2,1H3. The number of nitrogens with zero attached hydrogens (tertiary/aromatic N) is 1. The van der Waals surface area contributed by atoms with Gasteiger partial charge in [0.25, 0.3) is 0 Å². The first-order valence-corrected chi connectivity index (χ1v) is 5.68. The molecule has 0 bridgehead atoms. The minimum atomic E-state index is 0.328. The van der Waals surface area contributed by atoms with Crippen molar-refractivity contribution in [3.63, 3.8) is 0 Å². The third-order valence-corrected chi connectivity index (χ3v) is 2.95. The van der Waals surface area contributed by atoms with E-state index in [1.165, 1.54) is 0 Å². The lowest BCUT2D eigenvalue weighted by atomic mass is 10.3. The van der Waals surface area contributed by atoms with E-state index < -0.39 is 0 Å². The van der Waals surface area contributed by atoms with Crippen molar-refractivity contribution in [2.75, 3.05) is 5.73 Å². The van der Waals surface area contributed by atoms with Gasteiger partial charge in [-0.05, 0) is 31.2 Å². The fourth-order valence-electron chi connectivity index (χ4n) is 1.29. The average molecular weight is 269 g/mol. The largest absolute Gasteiger partial charge is 0.435 e. The molecule has 0 aliphatic carbocycles. The van der Waals surface area contributed by atoms with Crippen molar-refractivity contribution >= 4 is 28.9 Å². The van der Waals surface area contributed by atoms with Crippen LogP contribution in [0.25, 0.3) is 0 Å². The molecule has 1 aromatic carbocycles. The molecular formula is C12H10Cl2N2O. The zero-order valence-electron chi connectivity index (χ0n) is 9.08. The highest BCUT2D eigenvalue weighted by atomic mass is 35.5. The maximum Gasteiger partial charge on any atom is 0.242 e. The summed E-state index contributed by atoms with van der Waals surface area (Å²) in [6.07, 6.45) is 0. The second-order valence-electron chi connectivity index (χ2n) is 3.50. The van der Waals surface area contributed by atoms with Gasteiger partial charge in [-0.2, -0.15) is 0 Å². The number of nitrogen functional groups attached to an aromatic ring is 1. The second kappa shape index (κ2) is 4.82. The SMILES string of the molecule is Cc1ccc(N)c(Oc2cccc(Cl)c2Cl)n1. The van der Waals surface area contributed by atoms with E-state index in [1.807, 2.05) is 13.0 Å². The summed E-state index contributed by atoms with van der Waals surface area (Å²) in [5.41, 5.74) is 7.02.